The minimum Gasteiger partial charge on any atom is -0.155 e. The summed E-state index contributed by atoms with van der Waals surface area (Å²) in [5, 5.41) is 0. The van der Waals surface area contributed by atoms with E-state index in [0.717, 1.165) is 11.8 Å². The van der Waals surface area contributed by atoms with Gasteiger partial charge in [-0.25, -0.2) is 0 Å². The molecule has 2 saturated carbocycles. The summed E-state index contributed by atoms with van der Waals surface area (Å²) < 4.78 is 5.59. The Bertz CT molecular complexity index is 185. The van der Waals surface area contributed by atoms with Gasteiger partial charge in [-0.05, 0) is 37.5 Å². The molecule has 0 amide bonds. The van der Waals surface area contributed by atoms with Crippen molar-refractivity contribution in [2.45, 2.75) is 31.8 Å². The molecule has 0 aromatic heterocycles. The van der Waals surface area contributed by atoms with Gasteiger partial charge in [-0.2, -0.15) is 4.52 Å². The van der Waals surface area contributed by atoms with Gasteiger partial charge in [-0.1, -0.05) is 0 Å². The quantitative estimate of drug-likeness (QED) is 0.550. The molecule has 4 atom stereocenters. The second-order valence-electron chi connectivity index (χ2n) is 3.56. The molecule has 0 spiro atoms. The van der Waals surface area contributed by atoms with Crippen LogP contribution in [0.1, 0.15) is 25.7 Å². The summed E-state index contributed by atoms with van der Waals surface area (Å²) in [5.74, 6) is 1.77. The van der Waals surface area contributed by atoms with Crippen LogP contribution in [0.2, 0.25) is 0 Å². The Morgan fingerprint density at radius 1 is 1.36 bits per heavy atom. The molecular formula is C7H12OPS2+. The van der Waals surface area contributed by atoms with Crippen LogP contribution in [0.15, 0.2) is 0 Å². The third-order valence-electron chi connectivity index (χ3n) is 2.90. The maximum atomic E-state index is 5.59. The summed E-state index contributed by atoms with van der Waals surface area (Å²) in [6.45, 7) is 0. The fraction of sp³-hybridized carbons (Fsp3) is 1.00. The van der Waals surface area contributed by atoms with Gasteiger partial charge in [0.15, 0.2) is 0 Å². The fourth-order valence-electron chi connectivity index (χ4n) is 2.43. The molecule has 2 aliphatic carbocycles. The average molecular weight is 207 g/mol. The van der Waals surface area contributed by atoms with Gasteiger partial charge in [0.05, 0.1) is 0 Å². The second kappa shape index (κ2) is 3.29. The molecule has 2 rings (SSSR count). The molecule has 0 aromatic carbocycles. The highest BCUT2D eigenvalue weighted by molar-refractivity contribution is 8.54. The molecule has 62 valence electrons. The van der Waals surface area contributed by atoms with Gasteiger partial charge in [0, 0.05) is 0 Å². The Hall–Kier alpha value is 0.830. The Balaban J connectivity index is 1.92. The topological polar surface area (TPSA) is 9.23 Å². The van der Waals surface area contributed by atoms with Gasteiger partial charge in [0.1, 0.15) is 18.4 Å². The lowest BCUT2D eigenvalue weighted by molar-refractivity contribution is 0.163. The normalized spacial score (nSPS) is 43.0. The zero-order valence-electron chi connectivity index (χ0n) is 6.27. The smallest absolute Gasteiger partial charge is 0.155 e. The summed E-state index contributed by atoms with van der Waals surface area (Å²) in [7, 11) is 0. The van der Waals surface area contributed by atoms with Gasteiger partial charge < -0.3 is 0 Å². The minimum absolute atomic E-state index is 0.467. The number of hydrogen-bond acceptors (Lipinski definition) is 2. The van der Waals surface area contributed by atoms with Gasteiger partial charge in [-0.3, -0.25) is 0 Å². The molecule has 0 aliphatic heterocycles. The number of rotatable bonds is 2. The van der Waals surface area contributed by atoms with Crippen LogP contribution in [0.4, 0.5) is 0 Å². The molecule has 2 bridgehead atoms. The van der Waals surface area contributed by atoms with Crippen LogP contribution in [0.25, 0.3) is 0 Å². The average Bonchev–Trinajstić information content (AvgIpc) is 2.45. The number of fused-ring (bicyclic) bond motifs is 2. The summed E-state index contributed by atoms with van der Waals surface area (Å²) >= 11 is 9.06. The molecule has 4 unspecified atom stereocenters. The first-order valence-electron chi connectivity index (χ1n) is 4.08. The second-order valence-corrected chi connectivity index (χ2v) is 7.14. The molecule has 2 fully saturated rings. The Kier molecular flexibility index (Phi) is 2.52. The maximum absolute atomic E-state index is 5.59. The van der Waals surface area contributed by atoms with E-state index in [9.17, 15) is 0 Å². The molecule has 11 heavy (non-hydrogen) atoms. The monoisotopic (exact) mass is 207 g/mol. The maximum Gasteiger partial charge on any atom is 0.411 e. The summed E-state index contributed by atoms with van der Waals surface area (Å²) in [6.07, 6.45) is 5.04. The van der Waals surface area contributed by atoms with Crippen molar-refractivity contribution >= 4 is 30.2 Å². The van der Waals surface area contributed by atoms with E-state index in [2.05, 4.69) is 12.2 Å². The van der Waals surface area contributed by atoms with Crippen molar-refractivity contribution in [1.82, 2.24) is 0 Å². The zero-order chi connectivity index (χ0) is 7.84. The first-order chi connectivity index (χ1) is 5.25. The summed E-state index contributed by atoms with van der Waals surface area (Å²) in [6, 6.07) is 0. The summed E-state index contributed by atoms with van der Waals surface area (Å²) in [5.41, 5.74) is 0. The third kappa shape index (κ3) is 1.77. The Morgan fingerprint density at radius 2 is 2.18 bits per heavy atom. The van der Waals surface area contributed by atoms with Crippen LogP contribution in [0, 0.1) is 11.8 Å². The predicted octanol–water partition coefficient (Wildman–Crippen LogP) is 2.90. The van der Waals surface area contributed by atoms with E-state index >= 15 is 0 Å². The van der Waals surface area contributed by atoms with E-state index in [1.165, 1.54) is 25.7 Å². The fourth-order valence-corrected chi connectivity index (χ4v) is 3.62. The molecule has 1 nitrogen and oxygen atoms in total. The van der Waals surface area contributed by atoms with Gasteiger partial charge in [0.2, 0.25) is 11.8 Å². The number of thiol groups is 1. The van der Waals surface area contributed by atoms with Crippen molar-refractivity contribution in [1.29, 1.82) is 0 Å². The zero-order valence-corrected chi connectivity index (χ0v) is 8.88. The highest BCUT2D eigenvalue weighted by Crippen LogP contribution is 2.49. The number of hydrogen-bond donors (Lipinski definition) is 1. The van der Waals surface area contributed by atoms with Gasteiger partial charge in [-0.15, -0.1) is 0 Å². The van der Waals surface area contributed by atoms with Crippen LogP contribution >= 0.6 is 18.4 Å². The van der Waals surface area contributed by atoms with E-state index in [1.54, 1.807) is 0 Å². The van der Waals surface area contributed by atoms with E-state index in [4.69, 9.17) is 16.3 Å². The van der Waals surface area contributed by atoms with Crippen LogP contribution in [0.5, 0.6) is 0 Å². The third-order valence-corrected chi connectivity index (χ3v) is 3.89. The van der Waals surface area contributed by atoms with E-state index in [1.807, 2.05) is 0 Å². The van der Waals surface area contributed by atoms with Gasteiger partial charge >= 0.3 is 6.13 Å². The van der Waals surface area contributed by atoms with Crippen molar-refractivity contribution in [3.05, 3.63) is 0 Å². The standard InChI is InChI=1S/C7H11OPS2/c10-9(11)8-7-4-5-1-2-6(7)3-5/h5-7H,1-4H2/p+1. The lowest BCUT2D eigenvalue weighted by Gasteiger charge is -2.15. The minimum atomic E-state index is -0.845. The van der Waals surface area contributed by atoms with Crippen molar-refractivity contribution < 1.29 is 4.52 Å². The SMILES string of the molecule is S=[P+](S)OC1CC2CCC1C2. The highest BCUT2D eigenvalue weighted by atomic mass is 32.9. The van der Waals surface area contributed by atoms with E-state index in [0.29, 0.717) is 6.10 Å². The van der Waals surface area contributed by atoms with Gasteiger partial charge in [0.25, 0.3) is 0 Å². The molecular weight excluding hydrogens is 195 g/mol. The molecule has 0 radical (unpaired) electrons. The van der Waals surface area contributed by atoms with E-state index < -0.39 is 6.13 Å². The first-order valence-corrected chi connectivity index (χ1v) is 7.51. The van der Waals surface area contributed by atoms with Crippen LogP contribution in [-0.4, -0.2) is 6.10 Å². The van der Waals surface area contributed by atoms with Crippen molar-refractivity contribution in [2.24, 2.45) is 11.8 Å². The molecule has 0 heterocycles. The molecule has 2 aliphatic rings. The lowest BCUT2D eigenvalue weighted by Crippen LogP contribution is -2.16. The van der Waals surface area contributed by atoms with Crippen molar-refractivity contribution in [3.63, 3.8) is 0 Å². The van der Waals surface area contributed by atoms with Crippen LogP contribution < -0.4 is 0 Å². The lowest BCUT2D eigenvalue weighted by atomic mass is 9.98. The van der Waals surface area contributed by atoms with Crippen LogP contribution in [0.3, 0.4) is 0 Å². The van der Waals surface area contributed by atoms with E-state index in [-0.39, 0.29) is 0 Å². The first kappa shape index (κ1) is 8.43. The molecule has 0 saturated heterocycles. The Labute approximate surface area is 78.6 Å². The molecule has 4 heteroatoms. The largest absolute Gasteiger partial charge is 0.411 e. The Morgan fingerprint density at radius 3 is 2.64 bits per heavy atom. The summed E-state index contributed by atoms with van der Waals surface area (Å²) in [4.78, 5) is 0. The highest BCUT2D eigenvalue weighted by Gasteiger charge is 2.42. The molecule has 0 aromatic rings. The van der Waals surface area contributed by atoms with Crippen molar-refractivity contribution in [2.75, 3.05) is 0 Å². The molecule has 0 N–H and O–H groups in total. The van der Waals surface area contributed by atoms with Crippen LogP contribution in [-0.2, 0) is 16.3 Å². The van der Waals surface area contributed by atoms with Crippen molar-refractivity contribution in [3.8, 4) is 0 Å². The predicted molar refractivity (Wildman–Crippen MR) is 53.6 cm³/mol.